The monoisotopic (exact) mass is 385 g/mol. The molecule has 3 aromatic rings. The fourth-order valence-corrected chi connectivity index (χ4v) is 3.57. The van der Waals surface area contributed by atoms with Crippen molar-refractivity contribution in [3.8, 4) is 0 Å². The molecule has 2 aromatic carbocycles. The zero-order valence-electron chi connectivity index (χ0n) is 14.3. The van der Waals surface area contributed by atoms with Crippen LogP contribution in [0.5, 0.6) is 0 Å². The molecule has 0 spiro atoms. The lowest BCUT2D eigenvalue weighted by Crippen LogP contribution is -2.09. The quantitative estimate of drug-likeness (QED) is 0.318. The molecular weight excluding hydrogens is 370 g/mol. The first kappa shape index (κ1) is 17.5. The van der Waals surface area contributed by atoms with Gasteiger partial charge in [-0.25, -0.2) is 0 Å². The van der Waals surface area contributed by atoms with Crippen LogP contribution in [0.2, 0.25) is 5.02 Å². The standard InChI is InChI=1S/C20H16ClNO5/c21-14-5-3-13(4-6-14)17(9-26-11-23)18-10-27-20-8-19(22(24)25)15(7-16(18)20)12-1-2-12/h3-8,10-12,17H,1-2,9H2. The van der Waals surface area contributed by atoms with Gasteiger partial charge in [0, 0.05) is 27.5 Å². The number of hydrogen-bond donors (Lipinski definition) is 0. The van der Waals surface area contributed by atoms with Crippen molar-refractivity contribution in [2.24, 2.45) is 0 Å². The fraction of sp³-hybridized carbons (Fsp3) is 0.250. The summed E-state index contributed by atoms with van der Waals surface area (Å²) in [5.74, 6) is -0.0417. The van der Waals surface area contributed by atoms with Gasteiger partial charge >= 0.3 is 0 Å². The Bertz CT molecular complexity index is 1010. The second-order valence-electron chi connectivity index (χ2n) is 6.66. The maximum atomic E-state index is 11.4. The summed E-state index contributed by atoms with van der Waals surface area (Å²) in [6, 6.07) is 10.6. The molecule has 0 saturated heterocycles. The number of benzene rings is 2. The molecule has 27 heavy (non-hydrogen) atoms. The van der Waals surface area contributed by atoms with Gasteiger partial charge in [0.25, 0.3) is 12.2 Å². The smallest absolute Gasteiger partial charge is 0.293 e. The lowest BCUT2D eigenvalue weighted by molar-refractivity contribution is -0.385. The van der Waals surface area contributed by atoms with Crippen molar-refractivity contribution < 1.29 is 18.9 Å². The Labute approximate surface area is 159 Å². The van der Waals surface area contributed by atoms with Gasteiger partial charge in [0.1, 0.15) is 12.2 Å². The molecule has 0 aliphatic heterocycles. The van der Waals surface area contributed by atoms with E-state index in [-0.39, 0.29) is 29.1 Å². The highest BCUT2D eigenvalue weighted by atomic mass is 35.5. The minimum absolute atomic E-state index is 0.0954. The molecule has 138 valence electrons. The molecule has 1 aliphatic rings. The van der Waals surface area contributed by atoms with E-state index in [0.717, 1.165) is 34.9 Å². The van der Waals surface area contributed by atoms with Crippen molar-refractivity contribution in [3.63, 3.8) is 0 Å². The number of furan rings is 1. The topological polar surface area (TPSA) is 82.6 Å². The van der Waals surface area contributed by atoms with Gasteiger partial charge in [0.2, 0.25) is 0 Å². The van der Waals surface area contributed by atoms with E-state index < -0.39 is 0 Å². The van der Waals surface area contributed by atoms with Crippen LogP contribution in [-0.4, -0.2) is 18.0 Å². The van der Waals surface area contributed by atoms with Gasteiger partial charge in [-0.2, -0.15) is 0 Å². The van der Waals surface area contributed by atoms with E-state index in [1.165, 1.54) is 6.07 Å². The predicted molar refractivity (Wildman–Crippen MR) is 100 cm³/mol. The summed E-state index contributed by atoms with van der Waals surface area (Å²) in [5, 5.41) is 12.8. The lowest BCUT2D eigenvalue weighted by atomic mass is 9.90. The summed E-state index contributed by atoms with van der Waals surface area (Å²) in [6.45, 7) is 0.543. The van der Waals surface area contributed by atoms with Crippen LogP contribution in [0.25, 0.3) is 11.0 Å². The molecule has 6 nitrogen and oxygen atoms in total. The highest BCUT2D eigenvalue weighted by molar-refractivity contribution is 6.30. The van der Waals surface area contributed by atoms with Gasteiger partial charge in [-0.3, -0.25) is 14.9 Å². The Morgan fingerprint density at radius 1 is 1.30 bits per heavy atom. The van der Waals surface area contributed by atoms with E-state index in [4.69, 9.17) is 20.8 Å². The van der Waals surface area contributed by atoms with Crippen LogP contribution < -0.4 is 0 Å². The Balaban J connectivity index is 1.84. The third-order valence-electron chi connectivity index (χ3n) is 4.95. The first-order chi connectivity index (χ1) is 13.1. The number of nitrogens with zero attached hydrogens (tertiary/aromatic N) is 1. The molecule has 1 heterocycles. The van der Waals surface area contributed by atoms with Crippen LogP contribution in [0, 0.1) is 10.1 Å². The molecule has 7 heteroatoms. The van der Waals surface area contributed by atoms with E-state index in [2.05, 4.69) is 0 Å². The second-order valence-corrected chi connectivity index (χ2v) is 7.10. The van der Waals surface area contributed by atoms with Gasteiger partial charge in [-0.05, 0) is 42.5 Å². The van der Waals surface area contributed by atoms with E-state index in [1.54, 1.807) is 18.4 Å². The first-order valence-corrected chi connectivity index (χ1v) is 8.96. The summed E-state index contributed by atoms with van der Waals surface area (Å²) >= 11 is 5.98. The van der Waals surface area contributed by atoms with Crippen LogP contribution in [0.1, 0.15) is 41.4 Å². The molecule has 0 radical (unpaired) electrons. The molecular formula is C20H16ClNO5. The van der Waals surface area contributed by atoms with Gasteiger partial charge in [-0.1, -0.05) is 23.7 Å². The molecule has 0 N–H and O–H groups in total. The summed E-state index contributed by atoms with van der Waals surface area (Å²) in [6.07, 6.45) is 3.49. The molecule has 1 aliphatic carbocycles. The number of carbonyl (C=O) groups is 1. The Kier molecular flexibility index (Phi) is 4.58. The van der Waals surface area contributed by atoms with E-state index in [0.29, 0.717) is 17.1 Å². The second kappa shape index (κ2) is 7.04. The molecule has 4 rings (SSSR count). The maximum absolute atomic E-state index is 11.4. The molecule has 1 fully saturated rings. The van der Waals surface area contributed by atoms with Crippen molar-refractivity contribution in [2.75, 3.05) is 6.61 Å². The molecule has 0 amide bonds. The average Bonchev–Trinajstić information content (AvgIpc) is 3.43. The summed E-state index contributed by atoms with van der Waals surface area (Å²) in [4.78, 5) is 21.8. The van der Waals surface area contributed by atoms with Gasteiger partial charge < -0.3 is 9.15 Å². The number of nitro benzene ring substituents is 1. The van der Waals surface area contributed by atoms with Crippen molar-refractivity contribution >= 4 is 34.7 Å². The maximum Gasteiger partial charge on any atom is 0.293 e. The van der Waals surface area contributed by atoms with Crippen LogP contribution in [0.3, 0.4) is 0 Å². The number of hydrogen-bond acceptors (Lipinski definition) is 5. The summed E-state index contributed by atoms with van der Waals surface area (Å²) in [5.41, 5.74) is 3.02. The van der Waals surface area contributed by atoms with Crippen LogP contribution in [-0.2, 0) is 9.53 Å². The normalized spacial score (nSPS) is 14.9. The summed E-state index contributed by atoms with van der Waals surface area (Å²) in [7, 11) is 0. The van der Waals surface area contributed by atoms with Crippen molar-refractivity contribution in [2.45, 2.75) is 24.7 Å². The van der Waals surface area contributed by atoms with Crippen LogP contribution >= 0.6 is 11.6 Å². The molecule has 1 unspecified atom stereocenters. The SMILES string of the molecule is O=COCC(c1ccc(Cl)cc1)c1coc2cc([N+](=O)[O-])c(C3CC3)cc12. The van der Waals surface area contributed by atoms with Crippen molar-refractivity contribution in [1.29, 1.82) is 0 Å². The first-order valence-electron chi connectivity index (χ1n) is 8.58. The average molecular weight is 386 g/mol. The number of nitro groups is 1. The van der Waals surface area contributed by atoms with Gasteiger partial charge in [-0.15, -0.1) is 0 Å². The number of halogens is 1. The predicted octanol–water partition coefficient (Wildman–Crippen LogP) is 5.18. The Morgan fingerprint density at radius 2 is 2.04 bits per heavy atom. The molecule has 0 bridgehead atoms. The minimum Gasteiger partial charge on any atom is -0.467 e. The zero-order valence-corrected chi connectivity index (χ0v) is 15.0. The third-order valence-corrected chi connectivity index (χ3v) is 5.20. The highest BCUT2D eigenvalue weighted by Gasteiger charge is 2.32. The number of rotatable bonds is 7. The fourth-order valence-electron chi connectivity index (χ4n) is 3.44. The highest BCUT2D eigenvalue weighted by Crippen LogP contribution is 2.46. The lowest BCUT2D eigenvalue weighted by Gasteiger charge is -2.16. The Morgan fingerprint density at radius 3 is 2.67 bits per heavy atom. The number of fused-ring (bicyclic) bond motifs is 1. The Hall–Kier alpha value is -2.86. The van der Waals surface area contributed by atoms with Gasteiger partial charge in [0.15, 0.2) is 0 Å². The number of carbonyl (C=O) groups excluding carboxylic acids is 1. The van der Waals surface area contributed by atoms with E-state index >= 15 is 0 Å². The molecule has 1 saturated carbocycles. The van der Waals surface area contributed by atoms with Crippen LogP contribution in [0.15, 0.2) is 47.1 Å². The van der Waals surface area contributed by atoms with Crippen LogP contribution in [0.4, 0.5) is 5.69 Å². The minimum atomic E-state index is -0.360. The molecule has 1 atom stereocenters. The third kappa shape index (κ3) is 3.40. The van der Waals surface area contributed by atoms with Gasteiger partial charge in [0.05, 0.1) is 17.3 Å². The molecule has 1 aromatic heterocycles. The van der Waals surface area contributed by atoms with E-state index in [1.807, 2.05) is 18.2 Å². The zero-order chi connectivity index (χ0) is 19.0. The largest absolute Gasteiger partial charge is 0.467 e. The van der Waals surface area contributed by atoms with Crippen molar-refractivity contribution in [1.82, 2.24) is 0 Å². The summed E-state index contributed by atoms with van der Waals surface area (Å²) < 4.78 is 10.7. The van der Waals surface area contributed by atoms with Crippen molar-refractivity contribution in [3.05, 3.63) is 74.5 Å². The van der Waals surface area contributed by atoms with E-state index in [9.17, 15) is 14.9 Å². The number of ether oxygens (including phenoxy) is 1.